The number of nitrogens with zero attached hydrogens (tertiary/aromatic N) is 3. The largest absolute Gasteiger partial charge is 0.460 e. The van der Waals surface area contributed by atoms with Gasteiger partial charge in [-0.25, -0.2) is 14.6 Å². The molecule has 2 aromatic heterocycles. The molecule has 0 bridgehead atoms. The Kier molecular flexibility index (Phi) is 9.37. The van der Waals surface area contributed by atoms with Gasteiger partial charge in [0, 0.05) is 34.1 Å². The molecule has 1 atom stereocenters. The van der Waals surface area contributed by atoms with E-state index in [-0.39, 0.29) is 30.7 Å². The van der Waals surface area contributed by atoms with Gasteiger partial charge < -0.3 is 29.2 Å². The summed E-state index contributed by atoms with van der Waals surface area (Å²) in [6.07, 6.45) is 0.354. The highest BCUT2D eigenvalue weighted by atomic mass is 16.6. The van der Waals surface area contributed by atoms with Gasteiger partial charge in [0.25, 0.3) is 5.56 Å². The summed E-state index contributed by atoms with van der Waals surface area (Å²) in [7, 11) is 0. The fourth-order valence-electron chi connectivity index (χ4n) is 7.36. The average molecular weight is 745 g/mol. The van der Waals surface area contributed by atoms with Gasteiger partial charge >= 0.3 is 17.9 Å². The number of rotatable bonds is 5. The quantitative estimate of drug-likeness (QED) is 0.115. The number of esters is 3. The number of aliphatic hydroxyl groups excluding tert-OH is 1. The SMILES string of the molecule is CC1=C(C(=O)OC(C)(C)C)C(c2ccc(N=Cc3c4c(nc5ccccc35)-c3cc5c(c(=O)n3C4)COC(=O)CC5O)cc2)C(C(=O)OC(C)(C)C)=C(C)N1. The lowest BCUT2D eigenvalue weighted by Gasteiger charge is -2.33. The van der Waals surface area contributed by atoms with Crippen LogP contribution in [0.5, 0.6) is 0 Å². The van der Waals surface area contributed by atoms with Crippen LogP contribution in [-0.2, 0) is 41.7 Å². The number of dihydropyridines is 1. The van der Waals surface area contributed by atoms with Gasteiger partial charge in [0.2, 0.25) is 0 Å². The van der Waals surface area contributed by atoms with Crippen LogP contribution in [0.3, 0.4) is 0 Å². The maximum absolute atomic E-state index is 13.8. The zero-order valence-electron chi connectivity index (χ0n) is 32.2. The standard InChI is InChI=1S/C43H44N4O8/c1-22-35(40(51)54-42(3,4)5)37(36(23(2)45-22)41(52)55-43(6,7)8)24-13-15-25(16-14-24)44-19-28-26-11-9-10-12-31(26)46-38-29(28)20-47-32(38)17-27-30(39(47)50)21-53-34(49)18-33(27)48/h9-17,19,33,37,45,48H,18,20-21H2,1-8H3. The van der Waals surface area contributed by atoms with Gasteiger partial charge in [-0.15, -0.1) is 0 Å². The average Bonchev–Trinajstić information content (AvgIpc) is 3.38. The molecule has 3 aliphatic heterocycles. The number of para-hydroxylation sites is 1. The molecule has 5 heterocycles. The van der Waals surface area contributed by atoms with Crippen LogP contribution < -0.4 is 10.9 Å². The molecule has 12 nitrogen and oxygen atoms in total. The number of carbonyl (C=O) groups is 3. The molecule has 12 heteroatoms. The van der Waals surface area contributed by atoms with Crippen LogP contribution in [0.15, 0.2) is 86.9 Å². The molecule has 55 heavy (non-hydrogen) atoms. The predicted octanol–water partition coefficient (Wildman–Crippen LogP) is 6.57. The molecule has 0 saturated carbocycles. The lowest BCUT2D eigenvalue weighted by molar-refractivity contribution is -0.151. The highest BCUT2D eigenvalue weighted by Gasteiger charge is 2.40. The van der Waals surface area contributed by atoms with E-state index in [1.54, 1.807) is 72.2 Å². The molecule has 0 amide bonds. The number of aromatic nitrogens is 2. The molecule has 4 aromatic rings. The van der Waals surface area contributed by atoms with Gasteiger partial charge in [-0.05, 0) is 90.8 Å². The number of aliphatic imine (C=N–C) groups is 1. The van der Waals surface area contributed by atoms with E-state index >= 15 is 0 Å². The molecular formula is C43H44N4O8. The van der Waals surface area contributed by atoms with Gasteiger partial charge in [0.15, 0.2) is 0 Å². The molecule has 284 valence electrons. The number of nitrogens with one attached hydrogen (secondary N) is 1. The molecule has 0 fully saturated rings. The van der Waals surface area contributed by atoms with Crippen LogP contribution in [0.4, 0.5) is 5.69 Å². The summed E-state index contributed by atoms with van der Waals surface area (Å²) in [5, 5.41) is 14.9. The van der Waals surface area contributed by atoms with Crippen molar-refractivity contribution in [1.29, 1.82) is 0 Å². The molecule has 0 spiro atoms. The van der Waals surface area contributed by atoms with E-state index in [0.29, 0.717) is 56.3 Å². The first kappa shape index (κ1) is 37.4. The second-order valence-corrected chi connectivity index (χ2v) is 16.1. The number of benzene rings is 2. The second-order valence-electron chi connectivity index (χ2n) is 16.1. The normalized spacial score (nSPS) is 17.4. The summed E-state index contributed by atoms with van der Waals surface area (Å²) in [6.45, 7) is 14.4. The zero-order chi connectivity index (χ0) is 39.6. The number of hydrogen-bond acceptors (Lipinski definition) is 11. The number of cyclic esters (lactones) is 1. The molecule has 1 unspecified atom stereocenters. The minimum atomic E-state index is -1.17. The Morgan fingerprint density at radius 2 is 1.55 bits per heavy atom. The van der Waals surface area contributed by atoms with Crippen LogP contribution in [0.25, 0.3) is 22.3 Å². The summed E-state index contributed by atoms with van der Waals surface area (Å²) in [4.78, 5) is 63.1. The number of pyridine rings is 2. The highest BCUT2D eigenvalue weighted by Crippen LogP contribution is 2.41. The third-order valence-corrected chi connectivity index (χ3v) is 9.69. The van der Waals surface area contributed by atoms with Gasteiger partial charge in [0.05, 0.1) is 64.3 Å². The Labute approximate surface area is 318 Å². The molecule has 0 aliphatic carbocycles. The maximum Gasteiger partial charge on any atom is 0.337 e. The zero-order valence-corrected chi connectivity index (χ0v) is 32.2. The lowest BCUT2D eigenvalue weighted by Crippen LogP contribution is -2.36. The molecule has 2 aromatic carbocycles. The minimum absolute atomic E-state index is 0.207. The summed E-state index contributed by atoms with van der Waals surface area (Å²) < 4.78 is 18.5. The van der Waals surface area contributed by atoms with E-state index in [1.807, 2.05) is 48.5 Å². The van der Waals surface area contributed by atoms with Crippen LogP contribution in [0, 0.1) is 0 Å². The number of allylic oxidation sites excluding steroid dienone is 2. The monoisotopic (exact) mass is 744 g/mol. The fourth-order valence-corrected chi connectivity index (χ4v) is 7.36. The van der Waals surface area contributed by atoms with Crippen molar-refractivity contribution in [1.82, 2.24) is 14.9 Å². The van der Waals surface area contributed by atoms with Crippen molar-refractivity contribution < 1.29 is 33.7 Å². The number of ether oxygens (including phenoxy) is 3. The van der Waals surface area contributed by atoms with Crippen LogP contribution >= 0.6 is 0 Å². The Bertz CT molecular complexity index is 2390. The van der Waals surface area contributed by atoms with Gasteiger partial charge in [-0.3, -0.25) is 14.6 Å². The highest BCUT2D eigenvalue weighted by molar-refractivity contribution is 6.03. The summed E-state index contributed by atoms with van der Waals surface area (Å²) in [5.74, 6) is -2.41. The van der Waals surface area contributed by atoms with E-state index in [1.165, 1.54) is 0 Å². The summed E-state index contributed by atoms with van der Waals surface area (Å²) in [5.41, 5.74) is 5.24. The Morgan fingerprint density at radius 1 is 0.927 bits per heavy atom. The van der Waals surface area contributed by atoms with Crippen molar-refractivity contribution in [3.8, 4) is 11.4 Å². The smallest absolute Gasteiger partial charge is 0.337 e. The number of carbonyl (C=O) groups excluding carboxylic acids is 3. The second kappa shape index (κ2) is 13.8. The molecule has 2 N–H and O–H groups in total. The molecule has 0 saturated heterocycles. The van der Waals surface area contributed by atoms with Crippen molar-refractivity contribution in [2.45, 2.75) is 98.2 Å². The lowest BCUT2D eigenvalue weighted by atomic mass is 9.80. The predicted molar refractivity (Wildman–Crippen MR) is 207 cm³/mol. The Balaban J connectivity index is 1.28. The van der Waals surface area contributed by atoms with E-state index in [4.69, 9.17) is 24.2 Å². The third-order valence-electron chi connectivity index (χ3n) is 9.69. The third kappa shape index (κ3) is 7.21. The van der Waals surface area contributed by atoms with Crippen LogP contribution in [0.2, 0.25) is 0 Å². The van der Waals surface area contributed by atoms with Gasteiger partial charge in [-0.2, -0.15) is 0 Å². The van der Waals surface area contributed by atoms with E-state index in [2.05, 4.69) is 5.32 Å². The number of aliphatic hydroxyl groups is 1. The van der Waals surface area contributed by atoms with E-state index in [9.17, 15) is 24.3 Å². The number of hydrogen-bond donors (Lipinski definition) is 2. The molecule has 3 aliphatic rings. The van der Waals surface area contributed by atoms with Crippen molar-refractivity contribution in [2.75, 3.05) is 0 Å². The van der Waals surface area contributed by atoms with Crippen molar-refractivity contribution in [3.05, 3.63) is 115 Å². The van der Waals surface area contributed by atoms with E-state index in [0.717, 1.165) is 16.5 Å². The Hall–Kier alpha value is -5.88. The van der Waals surface area contributed by atoms with Crippen molar-refractivity contribution >= 4 is 40.7 Å². The Morgan fingerprint density at radius 3 is 2.16 bits per heavy atom. The first-order valence-electron chi connectivity index (χ1n) is 18.2. The minimum Gasteiger partial charge on any atom is -0.460 e. The summed E-state index contributed by atoms with van der Waals surface area (Å²) >= 11 is 0. The van der Waals surface area contributed by atoms with Gasteiger partial charge in [0.1, 0.15) is 17.8 Å². The van der Waals surface area contributed by atoms with Gasteiger partial charge in [-0.1, -0.05) is 30.3 Å². The number of fused-ring (bicyclic) bond motifs is 5. The fraction of sp³-hybridized carbons (Fsp3) is 0.349. The van der Waals surface area contributed by atoms with Crippen LogP contribution in [0.1, 0.15) is 102 Å². The first-order chi connectivity index (χ1) is 25.9. The molecule has 0 radical (unpaired) electrons. The summed E-state index contributed by atoms with van der Waals surface area (Å²) in [6, 6.07) is 16.7. The maximum atomic E-state index is 13.8. The van der Waals surface area contributed by atoms with Crippen LogP contribution in [-0.4, -0.2) is 50.0 Å². The van der Waals surface area contributed by atoms with Crippen molar-refractivity contribution in [2.24, 2.45) is 4.99 Å². The van der Waals surface area contributed by atoms with Crippen molar-refractivity contribution in [3.63, 3.8) is 0 Å². The van der Waals surface area contributed by atoms with E-state index < -0.39 is 41.1 Å². The topological polar surface area (TPSA) is 158 Å². The molecule has 7 rings (SSSR count). The molecular weight excluding hydrogens is 700 g/mol. The first-order valence-corrected chi connectivity index (χ1v) is 18.2.